The molecule has 2 aliphatic rings. The van der Waals surface area contributed by atoms with E-state index >= 15 is 4.39 Å². The second-order valence-electron chi connectivity index (χ2n) is 9.28. The first kappa shape index (κ1) is 26.2. The molecule has 1 fully saturated rings. The van der Waals surface area contributed by atoms with Gasteiger partial charge in [-0.25, -0.2) is 13.8 Å². The highest BCUT2D eigenvalue weighted by Gasteiger charge is 2.69. The molecule has 4 rings (SSSR count). The number of ether oxygens (including phenoxy) is 1. The van der Waals surface area contributed by atoms with Crippen molar-refractivity contribution >= 4 is 43.0 Å². The van der Waals surface area contributed by atoms with Gasteiger partial charge in [-0.3, -0.25) is 23.4 Å². The minimum Gasteiger partial charge on any atom is -0.403 e. The maximum absolute atomic E-state index is 16.4. The molecule has 17 heteroatoms. The third-order valence-electron chi connectivity index (χ3n) is 6.20. The van der Waals surface area contributed by atoms with Crippen LogP contribution in [0.5, 0.6) is 5.75 Å². The van der Waals surface area contributed by atoms with Gasteiger partial charge in [-0.1, -0.05) is 29.3 Å². The molecule has 0 saturated carbocycles. The van der Waals surface area contributed by atoms with Crippen LogP contribution in [0.25, 0.3) is 0 Å². The summed E-state index contributed by atoms with van der Waals surface area (Å²) in [4.78, 5) is 25.9. The van der Waals surface area contributed by atoms with Crippen molar-refractivity contribution in [3.63, 3.8) is 0 Å². The monoisotopic (exact) mass is 528 g/mol. The molecular weight excluding hydrogens is 506 g/mol. The molecule has 11 nitrogen and oxygen atoms in total. The fraction of sp³-hybridized carbons (Fsp3) is 0.444. The van der Waals surface area contributed by atoms with E-state index in [1.807, 2.05) is 11.9 Å². The molecule has 0 aliphatic carbocycles. The van der Waals surface area contributed by atoms with Crippen molar-refractivity contribution in [2.45, 2.75) is 49.5 Å². The number of aromatic amines is 1. The number of halogens is 2. The molecule has 0 bridgehead atoms. The van der Waals surface area contributed by atoms with Gasteiger partial charge in [0.15, 0.2) is 7.85 Å². The van der Waals surface area contributed by atoms with Crippen LogP contribution in [0.2, 0.25) is 5.02 Å². The number of H-pyrrole nitrogens is 1. The maximum atomic E-state index is 16.4. The van der Waals surface area contributed by atoms with Crippen molar-refractivity contribution < 1.29 is 37.5 Å². The molecule has 2 aromatic rings. The first-order valence-corrected chi connectivity index (χ1v) is 12.4. The van der Waals surface area contributed by atoms with Gasteiger partial charge in [-0.2, -0.15) is 0 Å². The van der Waals surface area contributed by atoms with Gasteiger partial charge < -0.3 is 19.5 Å². The van der Waals surface area contributed by atoms with Crippen LogP contribution >= 0.6 is 19.4 Å². The summed E-state index contributed by atoms with van der Waals surface area (Å²) in [6.07, 6.45) is -3.50. The van der Waals surface area contributed by atoms with E-state index in [1.54, 1.807) is 19.1 Å². The quantitative estimate of drug-likeness (QED) is 0.306. The van der Waals surface area contributed by atoms with Crippen LogP contribution in [0.15, 0.2) is 27.9 Å². The lowest BCUT2D eigenvalue weighted by molar-refractivity contribution is -0.240. The second kappa shape index (κ2) is 8.34. The normalized spacial score (nSPS) is 32.7. The number of aliphatic hydroxyl groups is 2. The van der Waals surface area contributed by atoms with Gasteiger partial charge in [0.2, 0.25) is 0 Å². The van der Waals surface area contributed by atoms with Gasteiger partial charge in [-0.05, 0) is 19.4 Å². The highest BCUT2D eigenvalue weighted by Crippen LogP contribution is 2.59. The van der Waals surface area contributed by atoms with E-state index in [0.717, 1.165) is 35.3 Å². The molecule has 3 heterocycles. The minimum absolute atomic E-state index is 0.139. The average molecular weight is 528 g/mol. The molecule has 1 unspecified atom stereocenters. The Morgan fingerprint density at radius 2 is 1.97 bits per heavy atom. The molecule has 0 amide bonds. The third-order valence-corrected chi connectivity index (χ3v) is 8.00. The number of hydrogen-bond acceptors (Lipinski definition) is 9. The number of phosphoric acid groups is 1. The third kappa shape index (κ3) is 4.13. The number of aliphatic hydroxyl groups excluding tert-OH is 2. The van der Waals surface area contributed by atoms with Crippen LogP contribution in [0.1, 0.15) is 16.7 Å². The first-order valence-electron chi connectivity index (χ1n) is 10.6. The van der Waals surface area contributed by atoms with E-state index in [4.69, 9.17) is 29.9 Å². The lowest BCUT2D eigenvalue weighted by Crippen LogP contribution is -2.60. The smallest absolute Gasteiger partial charge is 0.403 e. The zero-order valence-corrected chi connectivity index (χ0v) is 21.1. The lowest BCUT2D eigenvalue weighted by atomic mass is 9.59. The molecule has 5 atom stereocenters. The number of fused-ring (bicyclic) bond motifs is 1. The summed E-state index contributed by atoms with van der Waals surface area (Å²) >= 11 is 5.79. The van der Waals surface area contributed by atoms with E-state index < -0.39 is 53.2 Å². The zero-order chi connectivity index (χ0) is 26.1. The predicted molar refractivity (Wildman–Crippen MR) is 130 cm³/mol. The van der Waals surface area contributed by atoms with Crippen LogP contribution in [-0.4, -0.2) is 66.8 Å². The van der Waals surface area contributed by atoms with Crippen molar-refractivity contribution in [3.05, 3.63) is 60.9 Å². The fourth-order valence-corrected chi connectivity index (χ4v) is 6.07. The topological polar surface area (TPSA) is 149 Å². The standard InChI is InChI=1S/C18H22B3ClFN2O9P/c1-7-3-8(2)11-9(4-7)6-31-35(30,32-11)34-18(20,21)16(23)12(26)13(27)17(19,33-16)25-5-10(22)14(28)24-15(25)29/h3-5,12-13,26-27H,6,19-21H2,1-2H3,(H,24,28,29)/t12-,13+,16-,17-,35?/m0/s1. The summed E-state index contributed by atoms with van der Waals surface area (Å²) in [5, 5.41) is 18.7. The van der Waals surface area contributed by atoms with Crippen molar-refractivity contribution in [1.29, 1.82) is 0 Å². The molecule has 0 radical (unpaired) electrons. The summed E-state index contributed by atoms with van der Waals surface area (Å²) in [5.41, 5.74) is -2.01. The predicted octanol–water partition coefficient (Wildman–Crippen LogP) is -1.88. The van der Waals surface area contributed by atoms with E-state index in [0.29, 0.717) is 15.7 Å². The van der Waals surface area contributed by atoms with Crippen molar-refractivity contribution in [2.75, 3.05) is 0 Å². The maximum Gasteiger partial charge on any atom is 0.529 e. The largest absolute Gasteiger partial charge is 0.529 e. The van der Waals surface area contributed by atoms with Crippen LogP contribution in [0.4, 0.5) is 4.39 Å². The van der Waals surface area contributed by atoms with Gasteiger partial charge in [0.1, 0.15) is 44.3 Å². The van der Waals surface area contributed by atoms with Crippen LogP contribution in [-0.2, 0) is 30.6 Å². The molecule has 0 spiro atoms. The molecular formula is C18H22B3ClFN2O9P. The zero-order valence-electron chi connectivity index (χ0n) is 19.5. The lowest BCUT2D eigenvalue weighted by Gasteiger charge is -2.41. The molecule has 1 saturated heterocycles. The molecule has 186 valence electrons. The Morgan fingerprint density at radius 1 is 1.31 bits per heavy atom. The molecule has 1 aromatic carbocycles. The number of rotatable bonds is 4. The van der Waals surface area contributed by atoms with Crippen LogP contribution < -0.4 is 15.8 Å². The highest BCUT2D eigenvalue weighted by molar-refractivity contribution is 7.49. The number of benzene rings is 1. The number of nitrogens with zero attached hydrogens (tertiary/aromatic N) is 1. The van der Waals surface area contributed by atoms with E-state index in [2.05, 4.69) is 0 Å². The SMILES string of the molecule is BC(B)(OP1(=O)OCc2cc(C)cc(C)c2O1)[C@@]1(F)O[C@@](B)(n2cc(Cl)c(=O)[nH]c2=O)[C@H](O)[C@@H]1O. The van der Waals surface area contributed by atoms with E-state index in [9.17, 15) is 24.4 Å². The van der Waals surface area contributed by atoms with Gasteiger partial charge in [0.25, 0.3) is 11.4 Å². The fourth-order valence-electron chi connectivity index (χ4n) is 4.32. The number of nitrogens with one attached hydrogen (secondary N) is 1. The number of aryl methyl sites for hydroxylation is 2. The van der Waals surface area contributed by atoms with Gasteiger partial charge in [-0.15, -0.1) is 0 Å². The number of aromatic nitrogens is 2. The van der Waals surface area contributed by atoms with Crippen LogP contribution in [0, 0.1) is 13.8 Å². The van der Waals surface area contributed by atoms with Gasteiger partial charge in [0, 0.05) is 11.8 Å². The second-order valence-corrected chi connectivity index (χ2v) is 11.2. The Labute approximate surface area is 206 Å². The number of hydrogen-bond donors (Lipinski definition) is 3. The minimum atomic E-state index is -4.44. The Balaban J connectivity index is 1.68. The average Bonchev–Trinajstić information content (AvgIpc) is 2.93. The van der Waals surface area contributed by atoms with Gasteiger partial charge in [0.05, 0.1) is 12.0 Å². The van der Waals surface area contributed by atoms with Crippen molar-refractivity contribution in [1.82, 2.24) is 9.55 Å². The van der Waals surface area contributed by atoms with Crippen LogP contribution in [0.3, 0.4) is 0 Å². The first-order chi connectivity index (χ1) is 16.0. The van der Waals surface area contributed by atoms with E-state index in [1.165, 1.54) is 0 Å². The summed E-state index contributed by atoms with van der Waals surface area (Å²) in [6, 6.07) is 3.58. The molecule has 1 aromatic heterocycles. The Morgan fingerprint density at radius 3 is 2.63 bits per heavy atom. The molecule has 35 heavy (non-hydrogen) atoms. The number of alkyl halides is 1. The summed E-state index contributed by atoms with van der Waals surface area (Å²) in [6.45, 7) is 3.47. The number of phosphoric ester groups is 1. The molecule has 3 N–H and O–H groups in total. The summed E-state index contributed by atoms with van der Waals surface area (Å²) in [5.74, 6) is -2.98. The van der Waals surface area contributed by atoms with Crippen molar-refractivity contribution in [3.8, 4) is 5.75 Å². The summed E-state index contributed by atoms with van der Waals surface area (Å²) < 4.78 is 52.1. The summed E-state index contributed by atoms with van der Waals surface area (Å²) in [7, 11) is -1.11. The molecule has 2 aliphatic heterocycles. The Kier molecular flexibility index (Phi) is 6.25. The van der Waals surface area contributed by atoms with E-state index in [-0.39, 0.29) is 12.4 Å². The highest BCUT2D eigenvalue weighted by atomic mass is 35.5. The van der Waals surface area contributed by atoms with Crippen molar-refractivity contribution in [2.24, 2.45) is 0 Å². The van der Waals surface area contributed by atoms with Gasteiger partial charge >= 0.3 is 13.5 Å². The Hall–Kier alpha value is -1.86. The Bertz CT molecular complexity index is 1370.